The number of aromatic amines is 1. The van der Waals surface area contributed by atoms with Crippen LogP contribution in [0.1, 0.15) is 34.5 Å². The van der Waals surface area contributed by atoms with Crippen LogP contribution in [-0.4, -0.2) is 173 Å². The molecule has 0 spiro atoms. The van der Waals surface area contributed by atoms with Crippen LogP contribution in [0, 0.1) is 0 Å². The van der Waals surface area contributed by atoms with E-state index < -0.39 is 47.3 Å². The number of nitrogens with zero attached hydrogens (tertiary/aromatic N) is 6. The van der Waals surface area contributed by atoms with Crippen molar-refractivity contribution in [2.75, 3.05) is 81.8 Å². The minimum Gasteiger partial charge on any atom is -0.480 e. The second kappa shape index (κ2) is 24.1. The summed E-state index contributed by atoms with van der Waals surface area (Å²) in [4.78, 5) is 104. The lowest BCUT2D eigenvalue weighted by atomic mass is 10.0. The SMILES string of the molecule is Nc1nc2ncc(CNc3ccc(C(=O)NC(CCC(=O)NCCNC(=S)Nc4ccc(CC5CN(CC(=O)O)CCN(CC(=O)O)CCN5CC(=O)O)cc4)C(=O)O)cc3)nc2c(=O)[nH]1. The van der Waals surface area contributed by atoms with Crippen molar-refractivity contribution in [1.82, 2.24) is 50.6 Å². The molecule has 0 bridgehead atoms. The molecule has 0 radical (unpaired) electrons. The molecule has 1 fully saturated rings. The van der Waals surface area contributed by atoms with Gasteiger partial charge in [-0.15, -0.1) is 0 Å². The highest BCUT2D eigenvalue weighted by atomic mass is 32.1. The van der Waals surface area contributed by atoms with Gasteiger partial charge in [-0.05, 0) is 67.0 Å². The smallest absolute Gasteiger partial charge is 0.326 e. The van der Waals surface area contributed by atoms with E-state index in [0.717, 1.165) is 5.56 Å². The molecule has 1 saturated heterocycles. The molecule has 1 aliphatic heterocycles. The van der Waals surface area contributed by atoms with Crippen LogP contribution < -0.4 is 37.9 Å². The molecule has 2 aromatic heterocycles. The lowest BCUT2D eigenvalue weighted by Gasteiger charge is -2.33. The number of aliphatic carboxylic acids is 4. The number of carbonyl (C=O) groups is 6. The summed E-state index contributed by atoms with van der Waals surface area (Å²) in [5, 5.41) is 52.8. The molecule has 1 aliphatic rings. The first-order valence-corrected chi connectivity index (χ1v) is 21.1. The maximum Gasteiger partial charge on any atom is 0.326 e. The van der Waals surface area contributed by atoms with Crippen LogP contribution in [0.15, 0.2) is 59.5 Å². The number of aromatic nitrogens is 4. The maximum absolute atomic E-state index is 12.9. The summed E-state index contributed by atoms with van der Waals surface area (Å²) in [6, 6.07) is 11.7. The van der Waals surface area contributed by atoms with Gasteiger partial charge in [0, 0.05) is 75.2 Å². The van der Waals surface area contributed by atoms with Gasteiger partial charge in [0.1, 0.15) is 6.04 Å². The Hall–Kier alpha value is -7.35. The maximum atomic E-state index is 12.9. The van der Waals surface area contributed by atoms with Gasteiger partial charge in [0.05, 0.1) is 38.1 Å². The van der Waals surface area contributed by atoms with Gasteiger partial charge in [-0.2, -0.15) is 4.98 Å². The van der Waals surface area contributed by atoms with Crippen LogP contribution in [0.5, 0.6) is 0 Å². The van der Waals surface area contributed by atoms with E-state index in [1.165, 1.54) is 18.3 Å². The number of amides is 2. The van der Waals surface area contributed by atoms with E-state index in [1.54, 1.807) is 39.0 Å². The van der Waals surface area contributed by atoms with E-state index in [0.29, 0.717) is 43.1 Å². The Morgan fingerprint density at radius 1 is 0.818 bits per heavy atom. The van der Waals surface area contributed by atoms with E-state index in [1.807, 2.05) is 12.1 Å². The summed E-state index contributed by atoms with van der Waals surface area (Å²) in [6.07, 6.45) is 1.49. The predicted octanol–water partition coefficient (Wildman–Crippen LogP) is -0.942. The Labute approximate surface area is 382 Å². The Kier molecular flexibility index (Phi) is 18.1. The summed E-state index contributed by atoms with van der Waals surface area (Å²) in [5.41, 5.74) is 7.89. The molecule has 24 nitrogen and oxygen atoms in total. The van der Waals surface area contributed by atoms with Crippen molar-refractivity contribution >= 4 is 81.5 Å². The van der Waals surface area contributed by atoms with Crippen molar-refractivity contribution in [3.63, 3.8) is 0 Å². The molecule has 4 aromatic rings. The minimum atomic E-state index is -1.34. The zero-order chi connectivity index (χ0) is 47.8. The molecule has 2 atom stereocenters. The fraction of sp³-hybridized carbons (Fsp3) is 0.390. The van der Waals surface area contributed by atoms with Gasteiger partial charge >= 0.3 is 23.9 Å². The van der Waals surface area contributed by atoms with Crippen LogP contribution in [0.2, 0.25) is 0 Å². The van der Waals surface area contributed by atoms with Gasteiger partial charge in [0.2, 0.25) is 11.9 Å². The first-order chi connectivity index (χ1) is 31.5. The normalized spacial score (nSPS) is 15.3. The van der Waals surface area contributed by atoms with Crippen LogP contribution in [0.4, 0.5) is 17.3 Å². The van der Waals surface area contributed by atoms with Crippen LogP contribution in [0.3, 0.4) is 0 Å². The van der Waals surface area contributed by atoms with E-state index >= 15 is 0 Å². The van der Waals surface area contributed by atoms with Crippen LogP contribution in [-0.2, 0) is 36.9 Å². The number of nitrogens with one attached hydrogen (secondary N) is 6. The fourth-order valence-electron chi connectivity index (χ4n) is 7.01. The summed E-state index contributed by atoms with van der Waals surface area (Å²) >= 11 is 5.39. The Balaban J connectivity index is 1.02. The summed E-state index contributed by atoms with van der Waals surface area (Å²) in [5.74, 6) is -5.61. The molecule has 2 unspecified atom stereocenters. The highest BCUT2D eigenvalue weighted by Crippen LogP contribution is 2.17. The van der Waals surface area contributed by atoms with E-state index in [9.17, 15) is 54.0 Å². The third kappa shape index (κ3) is 16.0. The van der Waals surface area contributed by atoms with Crippen molar-refractivity contribution in [2.45, 2.75) is 37.9 Å². The average Bonchev–Trinajstić information content (AvgIpc) is 3.32. The predicted molar refractivity (Wildman–Crippen MR) is 243 cm³/mol. The lowest BCUT2D eigenvalue weighted by molar-refractivity contribution is -0.140. The number of rotatable bonds is 21. The zero-order valence-electron chi connectivity index (χ0n) is 35.6. The monoisotopic (exact) mass is 933 g/mol. The Morgan fingerprint density at radius 2 is 1.45 bits per heavy atom. The van der Waals surface area contributed by atoms with Crippen molar-refractivity contribution in [3.05, 3.63) is 81.9 Å². The van der Waals surface area contributed by atoms with E-state index in [-0.39, 0.29) is 99.0 Å². The molecule has 2 aromatic carbocycles. The first kappa shape index (κ1) is 49.7. The molecule has 0 saturated carbocycles. The van der Waals surface area contributed by atoms with E-state index in [2.05, 4.69) is 46.5 Å². The number of anilines is 3. The van der Waals surface area contributed by atoms with Gasteiger partial charge < -0.3 is 52.7 Å². The van der Waals surface area contributed by atoms with Crippen molar-refractivity contribution < 1.29 is 49.2 Å². The highest BCUT2D eigenvalue weighted by molar-refractivity contribution is 7.80. The topological polar surface area (TPSA) is 351 Å². The molecule has 66 heavy (non-hydrogen) atoms. The van der Waals surface area contributed by atoms with Crippen LogP contribution >= 0.6 is 12.2 Å². The molecule has 2 amide bonds. The number of hydrogen-bond donors (Lipinski definition) is 11. The largest absolute Gasteiger partial charge is 0.480 e. The number of carbonyl (C=O) groups excluding carboxylic acids is 2. The number of carboxylic acids is 4. The second-order valence-corrected chi connectivity index (χ2v) is 15.7. The molecule has 3 heterocycles. The number of benzene rings is 2. The standard InChI is InChI=1S/C41H51N13O11S/c42-40-50-36-35(38(63)51-40)47-28(19-46-36)18-45-26-7-3-25(4-8-26)37(62)49-30(39(64)65)9-10-31(55)43-11-12-44-41(66)48-27-5-1-24(2-6-27)17-29-20-53(22-33(58)59)14-13-52(21-32(56)57)15-16-54(29)23-34(60)61/h1-8,19,29-30,45H,9-18,20-23H2,(H,43,55)(H,49,62)(H,56,57)(H,58,59)(H,60,61)(H,64,65)(H2,44,48,66)(H3,42,46,50,51,63). The first-order valence-electron chi connectivity index (χ1n) is 20.6. The summed E-state index contributed by atoms with van der Waals surface area (Å²) < 4.78 is 0. The van der Waals surface area contributed by atoms with Gasteiger partial charge in [0.25, 0.3) is 11.5 Å². The lowest BCUT2D eigenvalue weighted by Crippen LogP contribution is -2.49. The number of hydrogen-bond acceptors (Lipinski definition) is 16. The van der Waals surface area contributed by atoms with Crippen molar-refractivity contribution in [3.8, 4) is 0 Å². The van der Waals surface area contributed by atoms with Crippen molar-refractivity contribution in [1.29, 1.82) is 0 Å². The highest BCUT2D eigenvalue weighted by Gasteiger charge is 2.28. The molecule has 25 heteroatoms. The van der Waals surface area contributed by atoms with Crippen LogP contribution in [0.25, 0.3) is 11.2 Å². The number of H-pyrrole nitrogens is 1. The second-order valence-electron chi connectivity index (χ2n) is 15.3. The number of nitrogens with two attached hydrogens (primary N) is 1. The summed E-state index contributed by atoms with van der Waals surface area (Å²) in [7, 11) is 0. The molecular weight excluding hydrogens is 883 g/mol. The minimum absolute atomic E-state index is 0.0336. The van der Waals surface area contributed by atoms with Crippen molar-refractivity contribution in [2.24, 2.45) is 0 Å². The molecule has 12 N–H and O–H groups in total. The average molecular weight is 934 g/mol. The molecule has 0 aliphatic carbocycles. The number of thiocarbonyl (C=S) groups is 1. The molecule has 5 rings (SSSR count). The number of nitrogen functional groups attached to an aromatic ring is 1. The van der Waals surface area contributed by atoms with Gasteiger partial charge in [0.15, 0.2) is 16.3 Å². The van der Waals surface area contributed by atoms with E-state index in [4.69, 9.17) is 18.0 Å². The third-order valence-electron chi connectivity index (χ3n) is 10.3. The quantitative estimate of drug-likeness (QED) is 0.0355. The van der Waals surface area contributed by atoms with Gasteiger partial charge in [-0.25, -0.2) is 14.8 Å². The number of carboxylic acid groups (broad SMARTS) is 4. The third-order valence-corrected chi connectivity index (χ3v) is 10.5. The zero-order valence-corrected chi connectivity index (χ0v) is 36.4. The Morgan fingerprint density at radius 3 is 2.14 bits per heavy atom. The number of fused-ring (bicyclic) bond motifs is 1. The van der Waals surface area contributed by atoms with Gasteiger partial charge in [-0.3, -0.25) is 48.5 Å². The fourth-order valence-corrected chi connectivity index (χ4v) is 7.23. The Bertz CT molecular complexity index is 2440. The van der Waals surface area contributed by atoms with Gasteiger partial charge in [-0.1, -0.05) is 12.1 Å². The summed E-state index contributed by atoms with van der Waals surface area (Å²) in [6.45, 7) is 1.19. The molecular formula is C41H51N13O11S. The molecule has 352 valence electrons.